The van der Waals surface area contributed by atoms with Crippen molar-refractivity contribution in [3.63, 3.8) is 0 Å². The minimum absolute atomic E-state index is 0.208. The molecule has 0 radical (unpaired) electrons. The Balaban J connectivity index is 2.28. The van der Waals surface area contributed by atoms with E-state index < -0.39 is 0 Å². The lowest BCUT2D eigenvalue weighted by atomic mass is 9.99. The van der Waals surface area contributed by atoms with E-state index in [1.54, 1.807) is 0 Å². The normalized spacial score (nSPS) is 21.5. The molecule has 0 N–H and O–H groups in total. The van der Waals surface area contributed by atoms with Crippen LogP contribution in [0.25, 0.3) is 0 Å². The molecular weight excluding hydrogens is 148 g/mol. The van der Waals surface area contributed by atoms with Gasteiger partial charge in [0, 0.05) is 6.42 Å². The Morgan fingerprint density at radius 3 is 2.83 bits per heavy atom. The van der Waals surface area contributed by atoms with Crippen LogP contribution in [0, 0.1) is 0 Å². The van der Waals surface area contributed by atoms with E-state index in [1.165, 1.54) is 11.1 Å². The molecule has 1 aromatic rings. The lowest BCUT2D eigenvalue weighted by Crippen LogP contribution is -2.19. The standard InChI is InChI=1S/C11H12O/c1-2-11-7-9-5-3-4-6-10(9)8-12-11/h2-6,11H,1,7-8H2. The van der Waals surface area contributed by atoms with Gasteiger partial charge in [0.2, 0.25) is 0 Å². The van der Waals surface area contributed by atoms with Gasteiger partial charge in [-0.15, -0.1) is 6.58 Å². The highest BCUT2D eigenvalue weighted by molar-refractivity contribution is 5.29. The summed E-state index contributed by atoms with van der Waals surface area (Å²) in [6, 6.07) is 8.41. The summed E-state index contributed by atoms with van der Waals surface area (Å²) in [7, 11) is 0. The summed E-state index contributed by atoms with van der Waals surface area (Å²) in [6.07, 6.45) is 3.05. The first kappa shape index (κ1) is 7.56. The first-order chi connectivity index (χ1) is 5.90. The highest BCUT2D eigenvalue weighted by Gasteiger charge is 2.14. The van der Waals surface area contributed by atoms with E-state index >= 15 is 0 Å². The molecule has 1 heteroatoms. The fourth-order valence-corrected chi connectivity index (χ4v) is 1.52. The van der Waals surface area contributed by atoms with Gasteiger partial charge in [-0.25, -0.2) is 0 Å². The maximum Gasteiger partial charge on any atom is 0.0798 e. The van der Waals surface area contributed by atoms with Gasteiger partial charge < -0.3 is 4.74 Å². The van der Waals surface area contributed by atoms with Gasteiger partial charge in [0.1, 0.15) is 0 Å². The maximum absolute atomic E-state index is 5.54. The van der Waals surface area contributed by atoms with Crippen molar-refractivity contribution in [2.45, 2.75) is 19.1 Å². The highest BCUT2D eigenvalue weighted by atomic mass is 16.5. The van der Waals surface area contributed by atoms with Crippen molar-refractivity contribution < 1.29 is 4.74 Å². The lowest BCUT2D eigenvalue weighted by molar-refractivity contribution is 0.0598. The molecule has 1 atom stereocenters. The van der Waals surface area contributed by atoms with Gasteiger partial charge in [-0.05, 0) is 11.1 Å². The SMILES string of the molecule is C=CC1Cc2ccccc2CO1. The Bertz CT molecular complexity index is 291. The predicted octanol–water partition coefficient (Wildman–Crippen LogP) is 2.31. The van der Waals surface area contributed by atoms with Crippen LogP contribution in [0.5, 0.6) is 0 Å². The van der Waals surface area contributed by atoms with Crippen molar-refractivity contribution in [2.24, 2.45) is 0 Å². The molecule has 0 amide bonds. The van der Waals surface area contributed by atoms with E-state index in [0.29, 0.717) is 0 Å². The zero-order valence-corrected chi connectivity index (χ0v) is 6.99. The van der Waals surface area contributed by atoms with E-state index in [0.717, 1.165) is 13.0 Å². The second kappa shape index (κ2) is 3.11. The van der Waals surface area contributed by atoms with Crippen molar-refractivity contribution in [2.75, 3.05) is 0 Å². The molecule has 1 aromatic carbocycles. The van der Waals surface area contributed by atoms with Crippen LogP contribution in [0.15, 0.2) is 36.9 Å². The van der Waals surface area contributed by atoms with Crippen LogP contribution in [0.3, 0.4) is 0 Å². The predicted molar refractivity (Wildman–Crippen MR) is 48.9 cm³/mol. The molecule has 0 fully saturated rings. The molecular formula is C11H12O. The Morgan fingerprint density at radius 1 is 1.33 bits per heavy atom. The Kier molecular flexibility index (Phi) is 1.96. The molecule has 1 unspecified atom stereocenters. The Hall–Kier alpha value is -1.08. The third kappa shape index (κ3) is 1.28. The molecule has 2 rings (SSSR count). The van der Waals surface area contributed by atoms with Crippen molar-refractivity contribution in [1.29, 1.82) is 0 Å². The highest BCUT2D eigenvalue weighted by Crippen LogP contribution is 2.20. The van der Waals surface area contributed by atoms with Crippen molar-refractivity contribution in [1.82, 2.24) is 0 Å². The van der Waals surface area contributed by atoms with Gasteiger partial charge in [-0.3, -0.25) is 0 Å². The molecule has 0 spiro atoms. The summed E-state index contributed by atoms with van der Waals surface area (Å²) in [4.78, 5) is 0. The summed E-state index contributed by atoms with van der Waals surface area (Å²) in [5, 5.41) is 0. The molecule has 0 saturated carbocycles. The number of rotatable bonds is 1. The number of fused-ring (bicyclic) bond motifs is 1. The molecule has 0 aliphatic carbocycles. The van der Waals surface area contributed by atoms with E-state index in [2.05, 4.69) is 30.8 Å². The maximum atomic E-state index is 5.54. The number of ether oxygens (including phenoxy) is 1. The fourth-order valence-electron chi connectivity index (χ4n) is 1.52. The van der Waals surface area contributed by atoms with Crippen LogP contribution >= 0.6 is 0 Å². The van der Waals surface area contributed by atoms with Crippen molar-refractivity contribution in [3.8, 4) is 0 Å². The molecule has 1 nitrogen and oxygen atoms in total. The fraction of sp³-hybridized carbons (Fsp3) is 0.273. The largest absolute Gasteiger partial charge is 0.369 e. The van der Waals surface area contributed by atoms with Gasteiger partial charge in [-0.2, -0.15) is 0 Å². The van der Waals surface area contributed by atoms with Crippen molar-refractivity contribution in [3.05, 3.63) is 48.0 Å². The molecule has 0 bridgehead atoms. The molecule has 62 valence electrons. The van der Waals surface area contributed by atoms with Crippen LogP contribution in [0.4, 0.5) is 0 Å². The monoisotopic (exact) mass is 160 g/mol. The molecule has 12 heavy (non-hydrogen) atoms. The lowest BCUT2D eigenvalue weighted by Gasteiger charge is -2.22. The van der Waals surface area contributed by atoms with Crippen LogP contribution in [0.2, 0.25) is 0 Å². The average molecular weight is 160 g/mol. The quantitative estimate of drug-likeness (QED) is 0.573. The molecule has 0 aromatic heterocycles. The Labute approximate surface area is 72.7 Å². The number of hydrogen-bond acceptors (Lipinski definition) is 1. The van der Waals surface area contributed by atoms with Crippen LogP contribution in [0.1, 0.15) is 11.1 Å². The zero-order chi connectivity index (χ0) is 8.39. The summed E-state index contributed by atoms with van der Waals surface area (Å²) in [5.41, 5.74) is 2.71. The molecule has 1 aliphatic rings. The van der Waals surface area contributed by atoms with Crippen LogP contribution in [-0.4, -0.2) is 6.10 Å². The molecule has 0 saturated heterocycles. The van der Waals surface area contributed by atoms with E-state index in [4.69, 9.17) is 4.74 Å². The van der Waals surface area contributed by atoms with Gasteiger partial charge in [-0.1, -0.05) is 30.3 Å². The van der Waals surface area contributed by atoms with Crippen molar-refractivity contribution >= 4 is 0 Å². The summed E-state index contributed by atoms with van der Waals surface area (Å²) in [5.74, 6) is 0. The smallest absolute Gasteiger partial charge is 0.0798 e. The molecule has 1 heterocycles. The first-order valence-electron chi connectivity index (χ1n) is 4.21. The minimum atomic E-state index is 0.208. The minimum Gasteiger partial charge on any atom is -0.369 e. The first-order valence-corrected chi connectivity index (χ1v) is 4.21. The second-order valence-electron chi connectivity index (χ2n) is 3.06. The van der Waals surface area contributed by atoms with Gasteiger partial charge in [0.15, 0.2) is 0 Å². The summed E-state index contributed by atoms with van der Waals surface area (Å²) >= 11 is 0. The second-order valence-corrected chi connectivity index (χ2v) is 3.06. The van der Waals surface area contributed by atoms with E-state index in [9.17, 15) is 0 Å². The van der Waals surface area contributed by atoms with Gasteiger partial charge in [0.25, 0.3) is 0 Å². The Morgan fingerprint density at radius 2 is 2.08 bits per heavy atom. The molecule has 1 aliphatic heterocycles. The zero-order valence-electron chi connectivity index (χ0n) is 6.99. The number of hydrogen-bond donors (Lipinski definition) is 0. The number of benzene rings is 1. The van der Waals surface area contributed by atoms with Gasteiger partial charge >= 0.3 is 0 Å². The third-order valence-electron chi connectivity index (χ3n) is 2.26. The topological polar surface area (TPSA) is 9.23 Å². The average Bonchev–Trinajstić information content (AvgIpc) is 2.17. The van der Waals surface area contributed by atoms with E-state index in [1.807, 2.05) is 6.08 Å². The summed E-state index contributed by atoms with van der Waals surface area (Å²) < 4.78 is 5.54. The van der Waals surface area contributed by atoms with Gasteiger partial charge in [0.05, 0.1) is 12.7 Å². The van der Waals surface area contributed by atoms with Crippen LogP contribution in [-0.2, 0) is 17.8 Å². The van der Waals surface area contributed by atoms with E-state index in [-0.39, 0.29) is 6.10 Å². The van der Waals surface area contributed by atoms with Crippen LogP contribution < -0.4 is 0 Å². The third-order valence-corrected chi connectivity index (χ3v) is 2.26. The summed E-state index contributed by atoms with van der Waals surface area (Å²) in [6.45, 7) is 4.46.